The smallest absolute Gasteiger partial charge is 0.344 e. The standard InChI is InChI=1S/C28H16O5/c29-19-10-8-18-13-22(28(31)33-26(18)14-19)17-9-11-25-24(12-17)23(15-27(30)32-25)21-7-3-5-16-4-1-2-6-20(16)21/h1-15,29H. The minimum Gasteiger partial charge on any atom is -0.508 e. The van der Waals surface area contributed by atoms with Crippen molar-refractivity contribution in [1.82, 2.24) is 0 Å². The lowest BCUT2D eigenvalue weighted by atomic mass is 9.94. The fourth-order valence-electron chi connectivity index (χ4n) is 4.31. The highest BCUT2D eigenvalue weighted by Gasteiger charge is 2.14. The van der Waals surface area contributed by atoms with Crippen LogP contribution in [0.3, 0.4) is 0 Å². The van der Waals surface area contributed by atoms with Gasteiger partial charge in [-0.15, -0.1) is 0 Å². The zero-order valence-corrected chi connectivity index (χ0v) is 17.2. The first-order valence-corrected chi connectivity index (χ1v) is 10.4. The molecular formula is C28H16O5. The SMILES string of the molecule is O=c1cc(-c2cccc3ccccc23)c2cc(-c3cc4ccc(O)cc4oc3=O)ccc2o1. The van der Waals surface area contributed by atoms with E-state index in [-0.39, 0.29) is 5.75 Å². The second kappa shape index (κ2) is 7.21. The number of aromatic hydroxyl groups is 1. The van der Waals surface area contributed by atoms with Crippen LogP contribution in [-0.4, -0.2) is 5.11 Å². The molecule has 33 heavy (non-hydrogen) atoms. The largest absolute Gasteiger partial charge is 0.508 e. The highest BCUT2D eigenvalue weighted by atomic mass is 16.4. The molecule has 0 radical (unpaired) electrons. The summed E-state index contributed by atoms with van der Waals surface area (Å²) in [4.78, 5) is 25.1. The number of fused-ring (bicyclic) bond motifs is 3. The van der Waals surface area contributed by atoms with Gasteiger partial charge in [0.25, 0.3) is 0 Å². The molecule has 0 fully saturated rings. The topological polar surface area (TPSA) is 80.6 Å². The van der Waals surface area contributed by atoms with Crippen LogP contribution in [0.25, 0.3) is 55.0 Å². The van der Waals surface area contributed by atoms with Crippen LogP contribution in [0, 0.1) is 0 Å². The molecule has 6 rings (SSSR count). The summed E-state index contributed by atoms with van der Waals surface area (Å²) < 4.78 is 10.9. The minimum atomic E-state index is -0.517. The lowest BCUT2D eigenvalue weighted by molar-refractivity contribution is 0.473. The molecule has 0 unspecified atom stereocenters. The summed E-state index contributed by atoms with van der Waals surface area (Å²) in [5, 5.41) is 13.1. The Kier molecular flexibility index (Phi) is 4.17. The van der Waals surface area contributed by atoms with Gasteiger partial charge in [-0.2, -0.15) is 0 Å². The maximum Gasteiger partial charge on any atom is 0.344 e. The number of hydrogen-bond acceptors (Lipinski definition) is 5. The van der Waals surface area contributed by atoms with E-state index in [0.717, 1.165) is 21.9 Å². The van der Waals surface area contributed by atoms with Crippen LogP contribution < -0.4 is 11.3 Å². The van der Waals surface area contributed by atoms with E-state index in [1.165, 1.54) is 12.1 Å². The van der Waals surface area contributed by atoms with Crippen LogP contribution in [-0.2, 0) is 0 Å². The fourth-order valence-corrected chi connectivity index (χ4v) is 4.31. The summed E-state index contributed by atoms with van der Waals surface area (Å²) in [6.07, 6.45) is 0. The molecule has 0 aliphatic carbocycles. The zero-order valence-electron chi connectivity index (χ0n) is 17.2. The van der Waals surface area contributed by atoms with Gasteiger partial charge in [-0.1, -0.05) is 48.5 Å². The second-order valence-electron chi connectivity index (χ2n) is 7.89. The summed E-state index contributed by atoms with van der Waals surface area (Å²) in [7, 11) is 0. The van der Waals surface area contributed by atoms with Crippen molar-refractivity contribution in [2.24, 2.45) is 0 Å². The maximum atomic E-state index is 12.7. The normalized spacial score (nSPS) is 11.4. The van der Waals surface area contributed by atoms with Gasteiger partial charge in [-0.3, -0.25) is 0 Å². The van der Waals surface area contributed by atoms with Crippen LogP contribution in [0.2, 0.25) is 0 Å². The fraction of sp³-hybridized carbons (Fsp3) is 0. The highest BCUT2D eigenvalue weighted by molar-refractivity contribution is 6.05. The Morgan fingerprint density at radius 2 is 1.42 bits per heavy atom. The van der Waals surface area contributed by atoms with E-state index < -0.39 is 11.3 Å². The highest BCUT2D eigenvalue weighted by Crippen LogP contribution is 2.35. The monoisotopic (exact) mass is 432 g/mol. The zero-order chi connectivity index (χ0) is 22.5. The predicted molar refractivity (Wildman–Crippen MR) is 129 cm³/mol. The molecule has 0 saturated heterocycles. The van der Waals surface area contributed by atoms with Crippen LogP contribution in [0.15, 0.2) is 109 Å². The molecule has 0 amide bonds. The Hall–Kier alpha value is -4.64. The van der Waals surface area contributed by atoms with E-state index in [4.69, 9.17) is 8.83 Å². The predicted octanol–water partition coefficient (Wildman–Crippen LogP) is 6.09. The third kappa shape index (κ3) is 3.18. The molecule has 4 aromatic carbocycles. The average Bonchev–Trinajstić information content (AvgIpc) is 2.82. The first kappa shape index (κ1) is 19.1. The summed E-state index contributed by atoms with van der Waals surface area (Å²) in [5.74, 6) is 0.0267. The van der Waals surface area contributed by atoms with Gasteiger partial charge in [-0.25, -0.2) is 9.59 Å². The van der Waals surface area contributed by atoms with Gasteiger partial charge in [-0.05, 0) is 52.2 Å². The van der Waals surface area contributed by atoms with Gasteiger partial charge >= 0.3 is 11.3 Å². The quantitative estimate of drug-likeness (QED) is 0.335. The summed E-state index contributed by atoms with van der Waals surface area (Å²) >= 11 is 0. The van der Waals surface area contributed by atoms with Crippen LogP contribution in [0.4, 0.5) is 0 Å². The van der Waals surface area contributed by atoms with Gasteiger partial charge < -0.3 is 13.9 Å². The Morgan fingerprint density at radius 3 is 2.33 bits per heavy atom. The molecule has 158 valence electrons. The first-order valence-electron chi connectivity index (χ1n) is 10.4. The molecule has 5 heteroatoms. The van der Waals surface area contributed by atoms with Crippen molar-refractivity contribution >= 4 is 32.7 Å². The van der Waals surface area contributed by atoms with Crippen molar-refractivity contribution in [2.75, 3.05) is 0 Å². The summed E-state index contributed by atoms with van der Waals surface area (Å²) in [5.41, 5.74) is 2.45. The van der Waals surface area contributed by atoms with Crippen molar-refractivity contribution in [1.29, 1.82) is 0 Å². The van der Waals surface area contributed by atoms with Gasteiger partial charge in [0.15, 0.2) is 0 Å². The third-order valence-electron chi connectivity index (χ3n) is 5.85. The van der Waals surface area contributed by atoms with Crippen LogP contribution in [0.5, 0.6) is 5.75 Å². The number of rotatable bonds is 2. The summed E-state index contributed by atoms with van der Waals surface area (Å²) in [6.45, 7) is 0. The van der Waals surface area contributed by atoms with E-state index in [1.54, 1.807) is 30.3 Å². The van der Waals surface area contributed by atoms with Crippen molar-refractivity contribution < 1.29 is 13.9 Å². The molecule has 0 aliphatic heterocycles. The lowest BCUT2D eigenvalue weighted by Gasteiger charge is -2.11. The Labute approximate surface area is 186 Å². The number of hydrogen-bond donors (Lipinski definition) is 1. The van der Waals surface area contributed by atoms with Gasteiger partial charge in [0.05, 0.1) is 5.56 Å². The second-order valence-corrected chi connectivity index (χ2v) is 7.89. The number of phenolic OH excluding ortho intramolecular Hbond substituents is 1. The van der Waals surface area contributed by atoms with E-state index in [0.29, 0.717) is 33.1 Å². The van der Waals surface area contributed by atoms with Gasteiger partial charge in [0.2, 0.25) is 0 Å². The molecular weight excluding hydrogens is 416 g/mol. The maximum absolute atomic E-state index is 12.7. The molecule has 5 nitrogen and oxygen atoms in total. The Bertz CT molecular complexity index is 1820. The van der Waals surface area contributed by atoms with Gasteiger partial charge in [0.1, 0.15) is 16.9 Å². The van der Waals surface area contributed by atoms with E-state index >= 15 is 0 Å². The molecule has 0 atom stereocenters. The summed E-state index contributed by atoms with van der Waals surface area (Å²) in [6, 6.07) is 27.1. The van der Waals surface area contributed by atoms with Crippen molar-refractivity contribution in [3.05, 3.63) is 112 Å². The first-order chi connectivity index (χ1) is 16.1. The van der Waals surface area contributed by atoms with Crippen molar-refractivity contribution in [3.8, 4) is 28.0 Å². The Balaban J connectivity index is 1.63. The number of benzene rings is 4. The molecule has 0 saturated carbocycles. The van der Waals surface area contributed by atoms with Crippen LogP contribution >= 0.6 is 0 Å². The van der Waals surface area contributed by atoms with E-state index in [9.17, 15) is 14.7 Å². The third-order valence-corrected chi connectivity index (χ3v) is 5.85. The lowest BCUT2D eigenvalue weighted by Crippen LogP contribution is -2.03. The minimum absolute atomic E-state index is 0.0267. The molecule has 1 N–H and O–H groups in total. The van der Waals surface area contributed by atoms with E-state index in [2.05, 4.69) is 0 Å². The van der Waals surface area contributed by atoms with Crippen LogP contribution in [0.1, 0.15) is 0 Å². The van der Waals surface area contributed by atoms with Crippen molar-refractivity contribution in [2.45, 2.75) is 0 Å². The average molecular weight is 432 g/mol. The molecule has 2 aromatic heterocycles. The Morgan fingerprint density at radius 1 is 0.576 bits per heavy atom. The number of phenols is 1. The molecule has 0 aliphatic rings. The van der Waals surface area contributed by atoms with Crippen molar-refractivity contribution in [3.63, 3.8) is 0 Å². The molecule has 0 spiro atoms. The van der Waals surface area contributed by atoms with E-state index in [1.807, 2.05) is 48.5 Å². The van der Waals surface area contributed by atoms with Gasteiger partial charge in [0, 0.05) is 28.5 Å². The molecule has 0 bridgehead atoms. The molecule has 2 heterocycles. The molecule has 6 aromatic rings.